The van der Waals surface area contributed by atoms with Gasteiger partial charge in [-0.1, -0.05) is 22.9 Å². The highest BCUT2D eigenvalue weighted by atomic mass is 79.9. The summed E-state index contributed by atoms with van der Waals surface area (Å²) in [5.41, 5.74) is 0. The Balaban J connectivity index is 2.50. The molecule has 1 N–H and O–H groups in total. The van der Waals surface area contributed by atoms with Crippen molar-refractivity contribution in [2.75, 3.05) is 13.1 Å². The van der Waals surface area contributed by atoms with Crippen molar-refractivity contribution < 1.29 is 9.90 Å². The van der Waals surface area contributed by atoms with Gasteiger partial charge < -0.3 is 10.0 Å². The third-order valence-corrected chi connectivity index (χ3v) is 2.90. The van der Waals surface area contributed by atoms with E-state index in [1.807, 2.05) is 18.7 Å². The molecule has 13 heavy (non-hydrogen) atoms. The molecule has 0 saturated carbocycles. The number of rotatable bonds is 1. The van der Waals surface area contributed by atoms with Crippen molar-refractivity contribution in [1.82, 2.24) is 4.90 Å². The van der Waals surface area contributed by atoms with Crippen molar-refractivity contribution in [2.45, 2.75) is 31.2 Å². The Morgan fingerprint density at radius 2 is 2.31 bits per heavy atom. The summed E-state index contributed by atoms with van der Waals surface area (Å²) in [4.78, 5) is 13.2. The van der Waals surface area contributed by atoms with E-state index in [9.17, 15) is 9.90 Å². The van der Waals surface area contributed by atoms with Crippen LogP contribution in [0.4, 0.5) is 0 Å². The maximum Gasteiger partial charge on any atom is 0.236 e. The van der Waals surface area contributed by atoms with Gasteiger partial charge in [0.2, 0.25) is 5.91 Å². The highest BCUT2D eigenvalue weighted by Crippen LogP contribution is 2.18. The smallest absolute Gasteiger partial charge is 0.236 e. The molecule has 0 aliphatic carbocycles. The molecule has 4 heteroatoms. The Hall–Kier alpha value is -0.0900. The van der Waals surface area contributed by atoms with E-state index in [0.29, 0.717) is 19.5 Å². The molecule has 0 aromatic heterocycles. The topological polar surface area (TPSA) is 40.5 Å². The third kappa shape index (κ3) is 2.68. The molecule has 1 fully saturated rings. The summed E-state index contributed by atoms with van der Waals surface area (Å²) in [6, 6.07) is 0. The van der Waals surface area contributed by atoms with Crippen LogP contribution in [0.2, 0.25) is 0 Å². The fourth-order valence-corrected chi connectivity index (χ4v) is 1.87. The second-order valence-electron chi connectivity index (χ2n) is 3.73. The van der Waals surface area contributed by atoms with Crippen molar-refractivity contribution in [2.24, 2.45) is 5.92 Å². The van der Waals surface area contributed by atoms with Gasteiger partial charge >= 0.3 is 0 Å². The van der Waals surface area contributed by atoms with Crippen molar-refractivity contribution in [3.8, 4) is 0 Å². The zero-order valence-corrected chi connectivity index (χ0v) is 9.62. The number of halogens is 1. The van der Waals surface area contributed by atoms with E-state index < -0.39 is 0 Å². The molecule has 1 aliphatic rings. The minimum atomic E-state index is -0.241. The number of carbonyl (C=O) groups excluding carboxylic acids is 1. The molecule has 3 unspecified atom stereocenters. The molecular weight excluding hydrogens is 234 g/mol. The van der Waals surface area contributed by atoms with Gasteiger partial charge in [0.1, 0.15) is 0 Å². The van der Waals surface area contributed by atoms with Gasteiger partial charge in [-0.2, -0.15) is 0 Å². The lowest BCUT2D eigenvalue weighted by molar-refractivity contribution is -0.133. The number of aliphatic hydroxyl groups excluding tert-OH is 1. The number of piperidine rings is 1. The van der Waals surface area contributed by atoms with Gasteiger partial charge in [-0.25, -0.2) is 0 Å². The first kappa shape index (κ1) is 11.0. The molecule has 3 nitrogen and oxygen atoms in total. The molecule has 3 atom stereocenters. The van der Waals surface area contributed by atoms with Crippen LogP contribution >= 0.6 is 15.9 Å². The first-order valence-corrected chi connectivity index (χ1v) is 5.55. The Kier molecular flexibility index (Phi) is 3.74. The number of nitrogens with zero attached hydrogens (tertiary/aromatic N) is 1. The van der Waals surface area contributed by atoms with Crippen LogP contribution < -0.4 is 0 Å². The first-order chi connectivity index (χ1) is 6.02. The monoisotopic (exact) mass is 249 g/mol. The number of aliphatic hydroxyl groups is 1. The largest absolute Gasteiger partial charge is 0.393 e. The standard InChI is InChI=1S/C9H16BrNO2/c1-6-5-11(4-3-8(6)12)9(13)7(2)10/h6-8,12H,3-5H2,1-2H3. The molecule has 1 amide bonds. The molecule has 1 rings (SSSR count). The van der Waals surface area contributed by atoms with E-state index in [4.69, 9.17) is 0 Å². The Morgan fingerprint density at radius 1 is 1.69 bits per heavy atom. The molecular formula is C9H16BrNO2. The van der Waals surface area contributed by atoms with Gasteiger partial charge in [-0.15, -0.1) is 0 Å². The van der Waals surface area contributed by atoms with Crippen LogP contribution in [0.3, 0.4) is 0 Å². The van der Waals surface area contributed by atoms with Crippen LogP contribution in [0.25, 0.3) is 0 Å². The highest BCUT2D eigenvalue weighted by molar-refractivity contribution is 9.10. The lowest BCUT2D eigenvalue weighted by Gasteiger charge is -2.35. The zero-order chi connectivity index (χ0) is 10.0. The lowest BCUT2D eigenvalue weighted by Crippen LogP contribution is -2.46. The van der Waals surface area contributed by atoms with E-state index in [1.54, 1.807) is 0 Å². The van der Waals surface area contributed by atoms with Crippen LogP contribution in [0.5, 0.6) is 0 Å². The number of alkyl halides is 1. The predicted molar refractivity (Wildman–Crippen MR) is 54.8 cm³/mol. The van der Waals surface area contributed by atoms with Crippen LogP contribution in [-0.2, 0) is 4.79 Å². The van der Waals surface area contributed by atoms with Gasteiger partial charge in [0.25, 0.3) is 0 Å². The average Bonchev–Trinajstić information content (AvgIpc) is 2.08. The minimum absolute atomic E-state index is 0.116. The number of hydrogen-bond donors (Lipinski definition) is 1. The molecule has 0 bridgehead atoms. The fraction of sp³-hybridized carbons (Fsp3) is 0.889. The third-order valence-electron chi connectivity index (χ3n) is 2.51. The van der Waals surface area contributed by atoms with E-state index in [-0.39, 0.29) is 22.8 Å². The molecule has 76 valence electrons. The van der Waals surface area contributed by atoms with Gasteiger partial charge in [0.15, 0.2) is 0 Å². The number of likely N-dealkylation sites (tertiary alicyclic amines) is 1. The van der Waals surface area contributed by atoms with Crippen molar-refractivity contribution in [3.05, 3.63) is 0 Å². The molecule has 1 aliphatic heterocycles. The Bertz CT molecular complexity index is 196. The Morgan fingerprint density at radius 3 is 2.77 bits per heavy atom. The summed E-state index contributed by atoms with van der Waals surface area (Å²) in [7, 11) is 0. The Labute approximate surface area is 87.2 Å². The minimum Gasteiger partial charge on any atom is -0.393 e. The summed E-state index contributed by atoms with van der Waals surface area (Å²) in [6.07, 6.45) is 0.460. The summed E-state index contributed by atoms with van der Waals surface area (Å²) < 4.78 is 0. The molecule has 0 radical (unpaired) electrons. The molecule has 0 aromatic carbocycles. The second kappa shape index (κ2) is 4.42. The van der Waals surface area contributed by atoms with Crippen LogP contribution in [0, 0.1) is 5.92 Å². The highest BCUT2D eigenvalue weighted by Gasteiger charge is 2.28. The quantitative estimate of drug-likeness (QED) is 0.705. The summed E-state index contributed by atoms with van der Waals surface area (Å²) in [5.74, 6) is 0.322. The van der Waals surface area contributed by atoms with E-state index >= 15 is 0 Å². The van der Waals surface area contributed by atoms with Crippen molar-refractivity contribution in [1.29, 1.82) is 0 Å². The molecule has 0 spiro atoms. The average molecular weight is 250 g/mol. The van der Waals surface area contributed by atoms with Crippen molar-refractivity contribution >= 4 is 21.8 Å². The van der Waals surface area contributed by atoms with Crippen LogP contribution in [-0.4, -0.2) is 39.9 Å². The van der Waals surface area contributed by atoms with Gasteiger partial charge in [-0.3, -0.25) is 4.79 Å². The van der Waals surface area contributed by atoms with Crippen molar-refractivity contribution in [3.63, 3.8) is 0 Å². The fourth-order valence-electron chi connectivity index (χ4n) is 1.58. The molecule has 1 heterocycles. The maximum atomic E-state index is 11.5. The van der Waals surface area contributed by atoms with Crippen LogP contribution in [0.1, 0.15) is 20.3 Å². The van der Waals surface area contributed by atoms with E-state index in [1.165, 1.54) is 0 Å². The molecule has 1 saturated heterocycles. The van der Waals surface area contributed by atoms with Gasteiger partial charge in [0, 0.05) is 13.1 Å². The maximum absolute atomic E-state index is 11.5. The van der Waals surface area contributed by atoms with Gasteiger partial charge in [0.05, 0.1) is 10.9 Å². The SMILES string of the molecule is CC(Br)C(=O)N1CCC(O)C(C)C1. The van der Waals surface area contributed by atoms with Gasteiger partial charge in [-0.05, 0) is 19.3 Å². The summed E-state index contributed by atoms with van der Waals surface area (Å²) >= 11 is 3.26. The summed E-state index contributed by atoms with van der Waals surface area (Å²) in [6.45, 7) is 5.16. The number of hydrogen-bond acceptors (Lipinski definition) is 2. The van der Waals surface area contributed by atoms with E-state index in [0.717, 1.165) is 0 Å². The first-order valence-electron chi connectivity index (χ1n) is 4.63. The zero-order valence-electron chi connectivity index (χ0n) is 8.03. The van der Waals surface area contributed by atoms with E-state index in [2.05, 4.69) is 15.9 Å². The number of carbonyl (C=O) groups is 1. The predicted octanol–water partition coefficient (Wildman–Crippen LogP) is 0.999. The summed E-state index contributed by atoms with van der Waals surface area (Å²) in [5, 5.41) is 9.47. The van der Waals surface area contributed by atoms with Crippen LogP contribution in [0.15, 0.2) is 0 Å². The lowest BCUT2D eigenvalue weighted by atomic mass is 9.96. The number of amides is 1. The normalized spacial score (nSPS) is 31.5. The second-order valence-corrected chi connectivity index (χ2v) is 5.11. The molecule has 0 aromatic rings.